The van der Waals surface area contributed by atoms with E-state index >= 15 is 0 Å². The highest BCUT2D eigenvalue weighted by molar-refractivity contribution is 6.05. The molecule has 0 aliphatic heterocycles. The normalized spacial score (nSPS) is 11.8. The lowest BCUT2D eigenvalue weighted by Crippen LogP contribution is -2.36. The van der Waals surface area contributed by atoms with Crippen molar-refractivity contribution in [1.82, 2.24) is 10.6 Å². The number of alkyl halides is 3. The van der Waals surface area contributed by atoms with Crippen LogP contribution >= 0.6 is 0 Å². The Morgan fingerprint density at radius 1 is 1.03 bits per heavy atom. The minimum absolute atomic E-state index is 0.00179. The van der Waals surface area contributed by atoms with Gasteiger partial charge in [-0.1, -0.05) is 12.1 Å². The van der Waals surface area contributed by atoms with Crippen molar-refractivity contribution in [3.8, 4) is 11.5 Å². The SMILES string of the molecule is CC(C)Oc1ccc(C=C(NC(=O)c2ccc(OCCC(F)(F)F)cc2)C(=O)NCCO)cc1. The number of aliphatic hydroxyl groups excluding tert-OH is 1. The maximum atomic E-state index is 12.7. The zero-order valence-corrected chi connectivity index (χ0v) is 18.8. The molecule has 0 aliphatic rings. The first-order valence-corrected chi connectivity index (χ1v) is 10.6. The topological polar surface area (TPSA) is 96.9 Å². The average Bonchev–Trinajstić information content (AvgIpc) is 2.77. The molecule has 34 heavy (non-hydrogen) atoms. The van der Waals surface area contributed by atoms with Crippen LogP contribution in [0.15, 0.2) is 54.2 Å². The highest BCUT2D eigenvalue weighted by atomic mass is 19.4. The standard InChI is InChI=1S/C24H27F3N2O5/c1-16(2)34-20-7-3-17(4-8-20)15-21(23(32)28-12-13-30)29-22(31)18-5-9-19(10-6-18)33-14-11-24(25,26)27/h3-10,15-16,30H,11-14H2,1-2H3,(H,28,32)(H,29,31). The van der Waals surface area contributed by atoms with Crippen LogP contribution in [-0.2, 0) is 4.79 Å². The Hall–Kier alpha value is -3.53. The second kappa shape index (κ2) is 12.6. The first-order chi connectivity index (χ1) is 16.1. The molecule has 0 radical (unpaired) electrons. The number of nitrogens with one attached hydrogen (secondary N) is 2. The molecule has 184 valence electrons. The van der Waals surface area contributed by atoms with Crippen LogP contribution in [0, 0.1) is 0 Å². The predicted molar refractivity (Wildman–Crippen MR) is 120 cm³/mol. The summed E-state index contributed by atoms with van der Waals surface area (Å²) in [5, 5.41) is 14.0. The first-order valence-electron chi connectivity index (χ1n) is 10.6. The van der Waals surface area contributed by atoms with Gasteiger partial charge in [0.05, 0.1) is 25.7 Å². The molecule has 0 bridgehead atoms. The molecule has 2 aromatic rings. The van der Waals surface area contributed by atoms with Gasteiger partial charge in [0, 0.05) is 12.1 Å². The second-order valence-corrected chi connectivity index (χ2v) is 7.47. The number of benzene rings is 2. The van der Waals surface area contributed by atoms with E-state index in [1.54, 1.807) is 24.3 Å². The zero-order valence-electron chi connectivity index (χ0n) is 18.8. The van der Waals surface area contributed by atoms with E-state index in [0.717, 1.165) is 0 Å². The summed E-state index contributed by atoms with van der Waals surface area (Å²) >= 11 is 0. The fourth-order valence-corrected chi connectivity index (χ4v) is 2.69. The van der Waals surface area contributed by atoms with E-state index in [2.05, 4.69) is 10.6 Å². The Morgan fingerprint density at radius 3 is 2.21 bits per heavy atom. The summed E-state index contributed by atoms with van der Waals surface area (Å²) in [5.41, 5.74) is 0.741. The van der Waals surface area contributed by atoms with Crippen LogP contribution < -0.4 is 20.1 Å². The summed E-state index contributed by atoms with van der Waals surface area (Å²) < 4.78 is 47.3. The molecular weight excluding hydrogens is 453 g/mol. The van der Waals surface area contributed by atoms with Gasteiger partial charge >= 0.3 is 6.18 Å². The summed E-state index contributed by atoms with van der Waals surface area (Å²) in [6.45, 7) is 2.98. The molecule has 0 spiro atoms. The van der Waals surface area contributed by atoms with Crippen molar-refractivity contribution in [1.29, 1.82) is 0 Å². The van der Waals surface area contributed by atoms with Crippen LogP contribution in [0.2, 0.25) is 0 Å². The highest BCUT2D eigenvalue weighted by Gasteiger charge is 2.26. The molecule has 0 unspecified atom stereocenters. The number of hydrogen-bond donors (Lipinski definition) is 3. The van der Waals surface area contributed by atoms with Crippen LogP contribution in [-0.4, -0.2) is 49.0 Å². The van der Waals surface area contributed by atoms with Crippen molar-refractivity contribution in [3.05, 3.63) is 65.4 Å². The Balaban J connectivity index is 2.12. The summed E-state index contributed by atoms with van der Waals surface area (Å²) in [4.78, 5) is 25.2. The van der Waals surface area contributed by atoms with Gasteiger partial charge in [-0.3, -0.25) is 9.59 Å². The molecule has 2 rings (SSSR count). The van der Waals surface area contributed by atoms with Crippen molar-refractivity contribution in [2.45, 2.75) is 32.5 Å². The summed E-state index contributed by atoms with van der Waals surface area (Å²) in [7, 11) is 0. The lowest BCUT2D eigenvalue weighted by molar-refractivity contribution is -0.139. The van der Waals surface area contributed by atoms with Crippen LogP contribution in [0.1, 0.15) is 36.2 Å². The van der Waals surface area contributed by atoms with Gasteiger partial charge in [-0.25, -0.2) is 0 Å². The number of aliphatic hydroxyl groups is 1. The quantitative estimate of drug-likeness (QED) is 0.427. The molecule has 0 atom stereocenters. The van der Waals surface area contributed by atoms with Crippen molar-refractivity contribution >= 4 is 17.9 Å². The lowest BCUT2D eigenvalue weighted by atomic mass is 10.1. The van der Waals surface area contributed by atoms with Gasteiger partial charge < -0.3 is 25.2 Å². The molecule has 0 saturated carbocycles. The Kier molecular flexibility index (Phi) is 9.93. The van der Waals surface area contributed by atoms with Gasteiger partial charge in [-0.05, 0) is 61.9 Å². The van der Waals surface area contributed by atoms with E-state index in [1.807, 2.05) is 13.8 Å². The van der Waals surface area contributed by atoms with Crippen LogP contribution in [0.25, 0.3) is 6.08 Å². The first kappa shape index (κ1) is 26.7. The molecular formula is C24H27F3N2O5. The van der Waals surface area contributed by atoms with E-state index in [1.165, 1.54) is 30.3 Å². The van der Waals surface area contributed by atoms with Crippen molar-refractivity contribution < 1.29 is 37.3 Å². The average molecular weight is 480 g/mol. The van der Waals surface area contributed by atoms with Crippen LogP contribution in [0.4, 0.5) is 13.2 Å². The van der Waals surface area contributed by atoms with Crippen molar-refractivity contribution in [2.24, 2.45) is 0 Å². The minimum atomic E-state index is -4.32. The van der Waals surface area contributed by atoms with Crippen LogP contribution in [0.5, 0.6) is 11.5 Å². The Bertz CT molecular complexity index is 972. The van der Waals surface area contributed by atoms with Crippen molar-refractivity contribution in [2.75, 3.05) is 19.8 Å². The molecule has 2 amide bonds. The molecule has 0 fully saturated rings. The van der Waals surface area contributed by atoms with E-state index < -0.39 is 31.0 Å². The molecule has 0 heterocycles. The largest absolute Gasteiger partial charge is 0.493 e. The van der Waals surface area contributed by atoms with Gasteiger partial charge in [-0.2, -0.15) is 13.2 Å². The minimum Gasteiger partial charge on any atom is -0.493 e. The summed E-state index contributed by atoms with van der Waals surface area (Å²) in [6, 6.07) is 12.4. The van der Waals surface area contributed by atoms with E-state index in [9.17, 15) is 22.8 Å². The van der Waals surface area contributed by atoms with Crippen LogP contribution in [0.3, 0.4) is 0 Å². The van der Waals surface area contributed by atoms with Gasteiger partial charge in [0.25, 0.3) is 11.8 Å². The highest BCUT2D eigenvalue weighted by Crippen LogP contribution is 2.21. The van der Waals surface area contributed by atoms with Gasteiger partial charge in [0.1, 0.15) is 17.2 Å². The summed E-state index contributed by atoms with van der Waals surface area (Å²) in [5.74, 6) is -0.370. The monoisotopic (exact) mass is 480 g/mol. The zero-order chi connectivity index (χ0) is 25.1. The van der Waals surface area contributed by atoms with Crippen molar-refractivity contribution in [3.63, 3.8) is 0 Å². The molecule has 0 aliphatic carbocycles. The third-order valence-electron chi connectivity index (χ3n) is 4.22. The molecule has 7 nitrogen and oxygen atoms in total. The van der Waals surface area contributed by atoms with Gasteiger partial charge in [-0.15, -0.1) is 0 Å². The third-order valence-corrected chi connectivity index (χ3v) is 4.22. The number of hydrogen-bond acceptors (Lipinski definition) is 5. The Labute approximate surface area is 195 Å². The number of carbonyl (C=O) groups excluding carboxylic acids is 2. The smallest absolute Gasteiger partial charge is 0.392 e. The molecule has 2 aromatic carbocycles. The second-order valence-electron chi connectivity index (χ2n) is 7.47. The fourth-order valence-electron chi connectivity index (χ4n) is 2.69. The van der Waals surface area contributed by atoms with E-state index in [-0.39, 0.29) is 36.3 Å². The fraction of sp³-hybridized carbons (Fsp3) is 0.333. The summed E-state index contributed by atoms with van der Waals surface area (Å²) in [6.07, 6.45) is -3.93. The molecule has 0 aromatic heterocycles. The maximum absolute atomic E-state index is 12.7. The van der Waals surface area contributed by atoms with Gasteiger partial charge in [0.2, 0.25) is 0 Å². The molecule has 3 N–H and O–H groups in total. The number of carbonyl (C=O) groups is 2. The van der Waals surface area contributed by atoms with E-state index in [0.29, 0.717) is 11.3 Å². The maximum Gasteiger partial charge on any atom is 0.392 e. The Morgan fingerprint density at radius 2 is 1.65 bits per heavy atom. The predicted octanol–water partition coefficient (Wildman–Crippen LogP) is 3.68. The molecule has 10 heteroatoms. The number of amides is 2. The number of rotatable bonds is 11. The van der Waals surface area contributed by atoms with Gasteiger partial charge in [0.15, 0.2) is 0 Å². The van der Waals surface area contributed by atoms with E-state index in [4.69, 9.17) is 14.6 Å². The number of halogens is 3. The third kappa shape index (κ3) is 9.53. The lowest BCUT2D eigenvalue weighted by Gasteiger charge is -2.12. The number of ether oxygens (including phenoxy) is 2. The molecule has 0 saturated heterocycles.